The highest BCUT2D eigenvalue weighted by molar-refractivity contribution is 7.90. The highest BCUT2D eigenvalue weighted by Crippen LogP contribution is 2.09. The summed E-state index contributed by atoms with van der Waals surface area (Å²) in [5, 5.41) is -0.383. The number of hydrogen-bond donors (Lipinski definition) is 0. The zero-order valence-electron chi connectivity index (χ0n) is 8.43. The Bertz CT molecular complexity index is 394. The highest BCUT2D eigenvalue weighted by atomic mass is 35.5. The Morgan fingerprint density at radius 1 is 1.40 bits per heavy atom. The van der Waals surface area contributed by atoms with E-state index in [9.17, 15) is 8.42 Å². The molecule has 6 heteroatoms. The largest absolute Gasteiger partial charge is 0.265 e. The second-order valence-electron chi connectivity index (χ2n) is 3.00. The maximum atomic E-state index is 11.5. The molecule has 0 saturated heterocycles. The fourth-order valence-electron chi connectivity index (χ4n) is 1.17. The van der Waals surface area contributed by atoms with E-state index in [1.165, 1.54) is 4.31 Å². The van der Waals surface area contributed by atoms with Crippen LogP contribution in [0.25, 0.3) is 0 Å². The molecule has 1 rings (SSSR count). The molecule has 0 N–H and O–H groups in total. The van der Waals surface area contributed by atoms with E-state index >= 15 is 0 Å². The molecule has 1 aromatic heterocycles. The Kier molecular flexibility index (Phi) is 4.50. The summed E-state index contributed by atoms with van der Waals surface area (Å²) in [4.78, 5) is 3.87. The van der Waals surface area contributed by atoms with Crippen molar-refractivity contribution in [3.8, 4) is 0 Å². The van der Waals surface area contributed by atoms with Crippen LogP contribution >= 0.6 is 11.6 Å². The lowest BCUT2D eigenvalue weighted by Crippen LogP contribution is -2.31. The third-order valence-corrected chi connectivity index (χ3v) is 4.27. The van der Waals surface area contributed by atoms with Gasteiger partial charge in [-0.15, -0.1) is 11.6 Å². The van der Waals surface area contributed by atoms with Crippen LogP contribution in [0.3, 0.4) is 0 Å². The number of nitrogens with zero attached hydrogens (tertiary/aromatic N) is 2. The molecular weight excluding hydrogens is 236 g/mol. The molecule has 4 nitrogen and oxygen atoms in total. The van der Waals surface area contributed by atoms with Gasteiger partial charge >= 0.3 is 0 Å². The summed E-state index contributed by atoms with van der Waals surface area (Å²) in [6.45, 7) is 2.54. The lowest BCUT2D eigenvalue weighted by molar-refractivity contribution is 0.426. The summed E-state index contributed by atoms with van der Waals surface area (Å²) in [7, 11) is -3.33. The average molecular weight is 249 g/mol. The molecule has 0 aliphatic rings. The zero-order chi connectivity index (χ0) is 11.3. The molecule has 0 aliphatic carbocycles. The van der Waals surface area contributed by atoms with E-state index in [1.807, 2.05) is 0 Å². The third kappa shape index (κ3) is 3.44. The Balaban J connectivity index is 2.80. The summed E-state index contributed by atoms with van der Waals surface area (Å²) in [6.07, 6.45) is 3.27. The van der Waals surface area contributed by atoms with E-state index in [1.54, 1.807) is 31.5 Å². The van der Waals surface area contributed by atoms with Gasteiger partial charge in [0.15, 0.2) is 0 Å². The maximum absolute atomic E-state index is 11.5. The fourth-order valence-corrected chi connectivity index (χ4v) is 2.46. The molecule has 1 aromatic rings. The van der Waals surface area contributed by atoms with Crippen molar-refractivity contribution in [2.45, 2.75) is 13.5 Å². The Morgan fingerprint density at radius 2 is 2.00 bits per heavy atom. The van der Waals surface area contributed by atoms with Crippen LogP contribution in [-0.2, 0) is 16.6 Å². The predicted molar refractivity (Wildman–Crippen MR) is 60.0 cm³/mol. The first-order valence-electron chi connectivity index (χ1n) is 4.53. The number of aromatic nitrogens is 1. The summed E-state index contributed by atoms with van der Waals surface area (Å²) in [5.74, 6) is 0. The number of sulfonamides is 1. The Labute approximate surface area is 94.9 Å². The minimum Gasteiger partial charge on any atom is -0.265 e. The van der Waals surface area contributed by atoms with E-state index < -0.39 is 10.0 Å². The molecule has 0 saturated carbocycles. The van der Waals surface area contributed by atoms with E-state index in [0.29, 0.717) is 13.1 Å². The van der Waals surface area contributed by atoms with Gasteiger partial charge in [0.25, 0.3) is 0 Å². The van der Waals surface area contributed by atoms with Crippen molar-refractivity contribution in [2.75, 3.05) is 11.8 Å². The van der Waals surface area contributed by atoms with E-state index in [2.05, 4.69) is 4.98 Å². The standard InChI is InChI=1S/C9H13ClN2O2S/c1-2-12(15(13,14)8-10)7-9-3-5-11-6-4-9/h3-6H,2,7-8H2,1H3. The number of rotatable bonds is 5. The lowest BCUT2D eigenvalue weighted by atomic mass is 10.3. The van der Waals surface area contributed by atoms with Crippen molar-refractivity contribution >= 4 is 21.6 Å². The Morgan fingerprint density at radius 3 is 2.47 bits per heavy atom. The smallest absolute Gasteiger partial charge is 0.228 e. The van der Waals surface area contributed by atoms with Gasteiger partial charge in [-0.3, -0.25) is 4.98 Å². The van der Waals surface area contributed by atoms with E-state index in [0.717, 1.165) is 5.56 Å². The number of alkyl halides is 1. The molecule has 0 bridgehead atoms. The minimum absolute atomic E-state index is 0.341. The molecule has 84 valence electrons. The zero-order valence-corrected chi connectivity index (χ0v) is 10.0. The van der Waals surface area contributed by atoms with Gasteiger partial charge in [0.05, 0.1) is 0 Å². The highest BCUT2D eigenvalue weighted by Gasteiger charge is 2.18. The predicted octanol–water partition coefficient (Wildman–Crippen LogP) is 1.43. The molecule has 1 heterocycles. The molecule has 0 spiro atoms. The van der Waals surface area contributed by atoms with Crippen LogP contribution in [0, 0.1) is 0 Å². The van der Waals surface area contributed by atoms with Gasteiger partial charge in [-0.2, -0.15) is 4.31 Å². The van der Waals surface area contributed by atoms with E-state index in [-0.39, 0.29) is 5.21 Å². The first-order chi connectivity index (χ1) is 7.10. The average Bonchev–Trinajstić information content (AvgIpc) is 2.27. The molecule has 0 aliphatic heterocycles. The first-order valence-corrected chi connectivity index (χ1v) is 6.67. The van der Waals surface area contributed by atoms with Gasteiger partial charge in [0.2, 0.25) is 10.0 Å². The lowest BCUT2D eigenvalue weighted by Gasteiger charge is -2.18. The van der Waals surface area contributed by atoms with Gasteiger partial charge in [-0.05, 0) is 17.7 Å². The van der Waals surface area contributed by atoms with Crippen LogP contribution < -0.4 is 0 Å². The number of pyridine rings is 1. The summed E-state index contributed by atoms with van der Waals surface area (Å²) >= 11 is 5.39. The molecule has 0 fully saturated rings. The summed E-state index contributed by atoms with van der Waals surface area (Å²) in [6, 6.07) is 3.57. The summed E-state index contributed by atoms with van der Waals surface area (Å²) < 4.78 is 24.4. The van der Waals surface area contributed by atoms with Gasteiger partial charge in [0, 0.05) is 25.5 Å². The van der Waals surface area contributed by atoms with Crippen LogP contribution in [0.2, 0.25) is 0 Å². The molecule has 0 atom stereocenters. The van der Waals surface area contributed by atoms with Crippen molar-refractivity contribution in [1.29, 1.82) is 0 Å². The van der Waals surface area contributed by atoms with E-state index in [4.69, 9.17) is 11.6 Å². The van der Waals surface area contributed by atoms with Crippen molar-refractivity contribution < 1.29 is 8.42 Å². The fraction of sp³-hybridized carbons (Fsp3) is 0.444. The number of halogens is 1. The minimum atomic E-state index is -3.33. The van der Waals surface area contributed by atoms with Crippen LogP contribution in [0.5, 0.6) is 0 Å². The van der Waals surface area contributed by atoms with Crippen molar-refractivity contribution in [1.82, 2.24) is 9.29 Å². The molecular formula is C9H13ClN2O2S. The van der Waals surface area contributed by atoms with Crippen LogP contribution in [0.1, 0.15) is 12.5 Å². The van der Waals surface area contributed by atoms with Crippen LogP contribution in [-0.4, -0.2) is 29.5 Å². The SMILES string of the molecule is CCN(Cc1ccncc1)S(=O)(=O)CCl. The second-order valence-corrected chi connectivity index (χ2v) is 5.56. The maximum Gasteiger partial charge on any atom is 0.228 e. The topological polar surface area (TPSA) is 50.3 Å². The monoisotopic (exact) mass is 248 g/mol. The van der Waals surface area contributed by atoms with Gasteiger partial charge < -0.3 is 0 Å². The van der Waals surface area contributed by atoms with Gasteiger partial charge in [0.1, 0.15) is 5.21 Å². The summed E-state index contributed by atoms with van der Waals surface area (Å²) in [5.41, 5.74) is 0.903. The number of hydrogen-bond acceptors (Lipinski definition) is 3. The first kappa shape index (κ1) is 12.4. The molecule has 0 amide bonds. The van der Waals surface area contributed by atoms with Crippen LogP contribution in [0.4, 0.5) is 0 Å². The van der Waals surface area contributed by atoms with Gasteiger partial charge in [-0.25, -0.2) is 8.42 Å². The quantitative estimate of drug-likeness (QED) is 0.741. The third-order valence-electron chi connectivity index (χ3n) is 1.99. The Hall–Kier alpha value is -0.650. The molecule has 0 radical (unpaired) electrons. The van der Waals surface area contributed by atoms with Gasteiger partial charge in [-0.1, -0.05) is 6.92 Å². The normalized spacial score (nSPS) is 11.9. The van der Waals surface area contributed by atoms with Crippen molar-refractivity contribution in [3.05, 3.63) is 30.1 Å². The molecule has 15 heavy (non-hydrogen) atoms. The molecule has 0 aromatic carbocycles. The molecule has 0 unspecified atom stereocenters. The van der Waals surface area contributed by atoms with Crippen LogP contribution in [0.15, 0.2) is 24.5 Å². The van der Waals surface area contributed by atoms with Crippen molar-refractivity contribution in [2.24, 2.45) is 0 Å². The second kappa shape index (κ2) is 5.44. The van der Waals surface area contributed by atoms with Crippen molar-refractivity contribution in [3.63, 3.8) is 0 Å².